The van der Waals surface area contributed by atoms with Crippen LogP contribution in [0.15, 0.2) is 23.1 Å². The Hall–Kier alpha value is -2.25. The van der Waals surface area contributed by atoms with Crippen molar-refractivity contribution in [1.82, 2.24) is 10.3 Å². The quantitative estimate of drug-likeness (QED) is 0.900. The molecule has 0 aromatic carbocycles. The third kappa shape index (κ3) is 6.02. The lowest BCUT2D eigenvalue weighted by Gasteiger charge is -2.19. The second-order valence-electron chi connectivity index (χ2n) is 5.46. The van der Waals surface area contributed by atoms with E-state index in [-0.39, 0.29) is 12.1 Å². The highest BCUT2D eigenvalue weighted by atomic mass is 19.4. The molecular formula is C14H17F3N2O3. The van der Waals surface area contributed by atoms with Crippen LogP contribution in [0, 0.1) is 0 Å². The third-order valence-corrected chi connectivity index (χ3v) is 2.32. The van der Waals surface area contributed by atoms with Gasteiger partial charge >= 0.3 is 12.3 Å². The monoisotopic (exact) mass is 318 g/mol. The molecule has 0 aliphatic rings. The Bertz CT molecular complexity index is 613. The van der Waals surface area contributed by atoms with Gasteiger partial charge in [0.15, 0.2) is 0 Å². The first kappa shape index (κ1) is 17.8. The first-order valence-electron chi connectivity index (χ1n) is 6.42. The van der Waals surface area contributed by atoms with E-state index in [0.29, 0.717) is 6.20 Å². The largest absolute Gasteiger partial charge is 0.444 e. The number of alkyl halides is 3. The fraction of sp³-hybridized carbons (Fsp3) is 0.429. The summed E-state index contributed by atoms with van der Waals surface area (Å²) in [4.78, 5) is 24.8. The Balaban J connectivity index is 2.68. The van der Waals surface area contributed by atoms with Gasteiger partial charge in [0.25, 0.3) is 5.56 Å². The lowest BCUT2D eigenvalue weighted by atomic mass is 10.2. The van der Waals surface area contributed by atoms with Gasteiger partial charge in [0.2, 0.25) is 0 Å². The van der Waals surface area contributed by atoms with E-state index in [4.69, 9.17) is 4.74 Å². The molecule has 0 radical (unpaired) electrons. The van der Waals surface area contributed by atoms with Crippen LogP contribution in [-0.4, -0.2) is 23.2 Å². The molecule has 22 heavy (non-hydrogen) atoms. The molecular weight excluding hydrogens is 301 g/mol. The Labute approximate surface area is 125 Å². The van der Waals surface area contributed by atoms with Gasteiger partial charge < -0.3 is 15.0 Å². The second kappa shape index (κ2) is 6.67. The lowest BCUT2D eigenvalue weighted by Crippen LogP contribution is -2.32. The number of alkyl carbamates (subject to hydrolysis) is 1. The minimum Gasteiger partial charge on any atom is -0.444 e. The maximum Gasteiger partial charge on any atom is 0.417 e. The average Bonchev–Trinajstić information content (AvgIpc) is 2.33. The molecule has 0 spiro atoms. The van der Waals surface area contributed by atoms with E-state index in [2.05, 4.69) is 5.32 Å². The van der Waals surface area contributed by atoms with Gasteiger partial charge in [-0.25, -0.2) is 4.79 Å². The molecule has 0 saturated carbocycles. The van der Waals surface area contributed by atoms with Crippen molar-refractivity contribution in [3.8, 4) is 0 Å². The summed E-state index contributed by atoms with van der Waals surface area (Å²) < 4.78 is 42.6. The lowest BCUT2D eigenvalue weighted by molar-refractivity contribution is -0.137. The molecule has 1 rings (SSSR count). The first-order chi connectivity index (χ1) is 9.99. The van der Waals surface area contributed by atoms with E-state index < -0.39 is 29.0 Å². The molecule has 1 aromatic rings. The highest BCUT2D eigenvalue weighted by Gasteiger charge is 2.31. The summed E-state index contributed by atoms with van der Waals surface area (Å²) in [5.74, 6) is 0. The number of hydrogen-bond acceptors (Lipinski definition) is 3. The van der Waals surface area contributed by atoms with E-state index in [1.54, 1.807) is 20.8 Å². The maximum absolute atomic E-state index is 12.5. The van der Waals surface area contributed by atoms with Gasteiger partial charge in [0, 0.05) is 18.3 Å². The van der Waals surface area contributed by atoms with Crippen molar-refractivity contribution >= 4 is 12.2 Å². The van der Waals surface area contributed by atoms with Gasteiger partial charge in [-0.05, 0) is 26.8 Å². The number of carbonyl (C=O) groups is 1. The number of pyridine rings is 1. The number of H-pyrrole nitrogens is 1. The Morgan fingerprint density at radius 2 is 2.00 bits per heavy atom. The summed E-state index contributed by atoms with van der Waals surface area (Å²) in [7, 11) is 0. The van der Waals surface area contributed by atoms with Crippen LogP contribution in [0.3, 0.4) is 0 Å². The minimum absolute atomic E-state index is 0.0185. The van der Waals surface area contributed by atoms with E-state index in [1.165, 1.54) is 12.2 Å². The zero-order valence-corrected chi connectivity index (χ0v) is 12.4. The summed E-state index contributed by atoms with van der Waals surface area (Å²) in [6.45, 7) is 5.12. The molecule has 5 nitrogen and oxygen atoms in total. The van der Waals surface area contributed by atoms with Crippen molar-refractivity contribution in [2.24, 2.45) is 0 Å². The standard InChI is InChI=1S/C14H17F3N2O3/c1-13(2,3)22-12(21)18-6-4-5-9-7-10(14(15,16)17)8-19-11(9)20/h4-5,7-8H,6H2,1-3H3,(H,18,21)(H,19,20). The number of amides is 1. The molecule has 0 fully saturated rings. The molecule has 122 valence electrons. The number of carbonyl (C=O) groups excluding carboxylic acids is 1. The molecule has 0 bridgehead atoms. The fourth-order valence-electron chi connectivity index (χ4n) is 1.43. The number of rotatable bonds is 3. The number of aromatic amines is 1. The van der Waals surface area contributed by atoms with Gasteiger partial charge in [-0.15, -0.1) is 0 Å². The maximum atomic E-state index is 12.5. The van der Waals surface area contributed by atoms with Gasteiger partial charge in [0.05, 0.1) is 5.56 Å². The van der Waals surface area contributed by atoms with E-state index in [1.807, 2.05) is 4.98 Å². The van der Waals surface area contributed by atoms with Crippen LogP contribution in [0.5, 0.6) is 0 Å². The zero-order chi connectivity index (χ0) is 17.0. The van der Waals surface area contributed by atoms with Gasteiger partial charge in [0.1, 0.15) is 5.60 Å². The van der Waals surface area contributed by atoms with Gasteiger partial charge in [-0.1, -0.05) is 12.2 Å². The van der Waals surface area contributed by atoms with Crippen LogP contribution in [-0.2, 0) is 10.9 Å². The molecule has 1 amide bonds. The minimum atomic E-state index is -4.54. The number of hydrogen-bond donors (Lipinski definition) is 2. The summed E-state index contributed by atoms with van der Waals surface area (Å²) in [6, 6.07) is 0.739. The van der Waals surface area contributed by atoms with E-state index in [9.17, 15) is 22.8 Å². The molecule has 0 aliphatic heterocycles. The molecule has 0 unspecified atom stereocenters. The number of nitrogens with one attached hydrogen (secondary N) is 2. The van der Waals surface area contributed by atoms with Gasteiger partial charge in [-0.2, -0.15) is 13.2 Å². The highest BCUT2D eigenvalue weighted by Crippen LogP contribution is 2.28. The normalized spacial score (nSPS) is 12.5. The average molecular weight is 318 g/mol. The van der Waals surface area contributed by atoms with Crippen molar-refractivity contribution in [2.75, 3.05) is 6.54 Å². The summed E-state index contributed by atoms with van der Waals surface area (Å²) >= 11 is 0. The van der Waals surface area contributed by atoms with Crippen LogP contribution in [0.1, 0.15) is 31.9 Å². The Morgan fingerprint density at radius 1 is 1.36 bits per heavy atom. The predicted molar refractivity (Wildman–Crippen MR) is 75.3 cm³/mol. The molecule has 0 atom stereocenters. The van der Waals surface area contributed by atoms with Crippen LogP contribution < -0.4 is 10.9 Å². The predicted octanol–water partition coefficient (Wildman–Crippen LogP) is 2.93. The summed E-state index contributed by atoms with van der Waals surface area (Å²) in [6.07, 6.45) is -2.03. The molecule has 0 aliphatic carbocycles. The first-order valence-corrected chi connectivity index (χ1v) is 6.42. The van der Waals surface area contributed by atoms with Crippen molar-refractivity contribution in [3.05, 3.63) is 39.8 Å². The second-order valence-corrected chi connectivity index (χ2v) is 5.46. The molecule has 8 heteroatoms. The van der Waals surface area contributed by atoms with Crippen LogP contribution in [0.4, 0.5) is 18.0 Å². The van der Waals surface area contributed by atoms with Crippen molar-refractivity contribution < 1.29 is 22.7 Å². The number of aromatic nitrogens is 1. The zero-order valence-electron chi connectivity index (χ0n) is 12.4. The SMILES string of the molecule is CC(C)(C)OC(=O)NCC=Cc1cc(C(F)(F)F)c[nH]c1=O. The fourth-order valence-corrected chi connectivity index (χ4v) is 1.43. The summed E-state index contributed by atoms with van der Waals surface area (Å²) in [5, 5.41) is 2.39. The van der Waals surface area contributed by atoms with Crippen LogP contribution in [0.2, 0.25) is 0 Å². The third-order valence-electron chi connectivity index (χ3n) is 2.32. The van der Waals surface area contributed by atoms with Crippen LogP contribution >= 0.6 is 0 Å². The molecule has 1 heterocycles. The number of ether oxygens (including phenoxy) is 1. The van der Waals surface area contributed by atoms with E-state index >= 15 is 0 Å². The molecule has 1 aromatic heterocycles. The summed E-state index contributed by atoms with van der Waals surface area (Å²) in [5.41, 5.74) is -2.40. The van der Waals surface area contributed by atoms with Crippen molar-refractivity contribution in [3.63, 3.8) is 0 Å². The number of halogens is 3. The van der Waals surface area contributed by atoms with Crippen molar-refractivity contribution in [1.29, 1.82) is 0 Å². The van der Waals surface area contributed by atoms with E-state index in [0.717, 1.165) is 6.07 Å². The topological polar surface area (TPSA) is 71.2 Å². The van der Waals surface area contributed by atoms with Gasteiger partial charge in [-0.3, -0.25) is 4.79 Å². The Morgan fingerprint density at radius 3 is 2.55 bits per heavy atom. The van der Waals surface area contributed by atoms with Crippen molar-refractivity contribution in [2.45, 2.75) is 32.5 Å². The highest BCUT2D eigenvalue weighted by molar-refractivity contribution is 5.68. The Kier molecular flexibility index (Phi) is 5.40. The smallest absolute Gasteiger partial charge is 0.417 e. The van der Waals surface area contributed by atoms with Crippen LogP contribution in [0.25, 0.3) is 6.08 Å². The molecule has 2 N–H and O–H groups in total. The molecule has 0 saturated heterocycles.